The van der Waals surface area contributed by atoms with Gasteiger partial charge in [-0.1, -0.05) is 41.7 Å². The highest BCUT2D eigenvalue weighted by atomic mass is 32.1. The molecule has 0 aliphatic carbocycles. The van der Waals surface area contributed by atoms with Crippen LogP contribution in [0.1, 0.15) is 25.7 Å². The summed E-state index contributed by atoms with van der Waals surface area (Å²) in [5.74, 6) is -2.83. The van der Waals surface area contributed by atoms with Crippen molar-refractivity contribution < 1.29 is 29.6 Å². The molecule has 3 heterocycles. The van der Waals surface area contributed by atoms with E-state index < -0.39 is 18.0 Å². The van der Waals surface area contributed by atoms with E-state index in [-0.39, 0.29) is 0 Å². The van der Waals surface area contributed by atoms with Gasteiger partial charge in [0.25, 0.3) is 0 Å². The van der Waals surface area contributed by atoms with Gasteiger partial charge in [0.2, 0.25) is 0 Å². The lowest BCUT2D eigenvalue weighted by molar-refractivity contribution is -0.159. The van der Waals surface area contributed by atoms with Crippen LogP contribution in [0.25, 0.3) is 10.2 Å². The second kappa shape index (κ2) is 11.7. The highest BCUT2D eigenvalue weighted by Gasteiger charge is 2.42. The predicted molar refractivity (Wildman–Crippen MR) is 138 cm³/mol. The number of aliphatic hydroxyl groups excluding tert-OH is 1. The maximum absolute atomic E-state index is 10.6. The maximum atomic E-state index is 10.6. The molecule has 0 saturated carbocycles. The van der Waals surface area contributed by atoms with Crippen LogP contribution in [0.4, 0.5) is 5.13 Å². The summed E-state index contributed by atoms with van der Waals surface area (Å²) in [6, 6.07) is 19.7. The molecule has 10 heteroatoms. The van der Waals surface area contributed by atoms with Crippen LogP contribution in [0.15, 0.2) is 54.6 Å². The molecule has 2 aliphatic heterocycles. The lowest BCUT2D eigenvalue weighted by Gasteiger charge is -2.42. The third-order valence-electron chi connectivity index (χ3n) is 6.78. The number of fused-ring (bicyclic) bond motifs is 3. The Morgan fingerprint density at radius 3 is 2.28 bits per heavy atom. The lowest BCUT2D eigenvalue weighted by Crippen LogP contribution is -2.52. The second-order valence-corrected chi connectivity index (χ2v) is 10.2. The van der Waals surface area contributed by atoms with Gasteiger partial charge in [-0.05, 0) is 49.9 Å². The first-order valence-corrected chi connectivity index (χ1v) is 12.8. The standard InChI is InChI=1S/C24H29N3O2S.C2H2O4/c1-26(24-25-22-9-5-6-10-23(22)30-24)19-13-17-11-12-18(14-19)27(17)15-20(28)16-29-21-7-3-2-4-8-21;3-1(4)2(5)6/h2-10,17-20,28H,11-16H2,1H3;(H,3,4)(H,5,6). The third kappa shape index (κ3) is 6.31. The summed E-state index contributed by atoms with van der Waals surface area (Å²) in [5, 5.41) is 26.5. The van der Waals surface area contributed by atoms with E-state index in [1.165, 1.54) is 17.5 Å². The first-order valence-electron chi connectivity index (χ1n) is 12.0. The summed E-state index contributed by atoms with van der Waals surface area (Å²) < 4.78 is 7.01. The molecule has 2 fully saturated rings. The van der Waals surface area contributed by atoms with Gasteiger partial charge in [0.1, 0.15) is 18.5 Å². The first kappa shape index (κ1) is 25.9. The number of piperidine rings is 1. The van der Waals surface area contributed by atoms with Crippen molar-refractivity contribution in [1.29, 1.82) is 0 Å². The second-order valence-electron chi connectivity index (χ2n) is 9.17. The number of rotatable bonds is 7. The van der Waals surface area contributed by atoms with E-state index in [2.05, 4.69) is 41.1 Å². The number of nitrogens with zero attached hydrogens (tertiary/aromatic N) is 3. The number of ether oxygens (including phenoxy) is 1. The minimum atomic E-state index is -1.82. The summed E-state index contributed by atoms with van der Waals surface area (Å²) in [4.78, 5) is 28.0. The SMILES string of the molecule is CN(c1nc2ccccc2s1)C1CC2CCC(C1)N2CC(O)COc1ccccc1.O=C(O)C(=O)O. The first-order chi connectivity index (χ1) is 17.3. The highest BCUT2D eigenvalue weighted by Crippen LogP contribution is 2.39. The Labute approximate surface area is 213 Å². The van der Waals surface area contributed by atoms with Crippen molar-refractivity contribution in [2.24, 2.45) is 0 Å². The van der Waals surface area contributed by atoms with E-state index in [1.54, 1.807) is 11.3 Å². The summed E-state index contributed by atoms with van der Waals surface area (Å²) >= 11 is 1.78. The van der Waals surface area contributed by atoms with Gasteiger partial charge in [-0.25, -0.2) is 14.6 Å². The van der Waals surface area contributed by atoms with Crippen LogP contribution in [-0.2, 0) is 9.59 Å². The number of aliphatic hydroxyl groups is 1. The van der Waals surface area contributed by atoms with Crippen molar-refractivity contribution in [2.75, 3.05) is 25.1 Å². The van der Waals surface area contributed by atoms with Crippen LogP contribution in [0.3, 0.4) is 0 Å². The molecule has 0 amide bonds. The Bertz CT molecular complexity index is 1110. The van der Waals surface area contributed by atoms with Gasteiger partial charge in [-0.15, -0.1) is 0 Å². The zero-order valence-electron chi connectivity index (χ0n) is 20.1. The third-order valence-corrected chi connectivity index (χ3v) is 7.91. The van der Waals surface area contributed by atoms with Gasteiger partial charge in [-0.2, -0.15) is 0 Å². The Morgan fingerprint density at radius 2 is 1.67 bits per heavy atom. The van der Waals surface area contributed by atoms with E-state index in [0.717, 1.165) is 29.2 Å². The fraction of sp³-hybridized carbons (Fsp3) is 0.423. The van der Waals surface area contributed by atoms with E-state index in [0.29, 0.717) is 31.3 Å². The predicted octanol–water partition coefficient (Wildman–Crippen LogP) is 3.32. The van der Waals surface area contributed by atoms with Crippen molar-refractivity contribution in [3.63, 3.8) is 0 Å². The summed E-state index contributed by atoms with van der Waals surface area (Å²) in [6.07, 6.45) is 4.25. The van der Waals surface area contributed by atoms with Gasteiger partial charge in [0.05, 0.1) is 10.2 Å². The van der Waals surface area contributed by atoms with E-state index in [4.69, 9.17) is 29.5 Å². The zero-order chi connectivity index (χ0) is 25.7. The molecule has 5 rings (SSSR count). The number of thiazole rings is 1. The molecule has 3 aromatic rings. The normalized spacial score (nSPS) is 21.9. The van der Waals surface area contributed by atoms with Crippen LogP contribution in [-0.4, -0.2) is 81.6 Å². The van der Waals surface area contributed by atoms with Crippen LogP contribution in [0.5, 0.6) is 5.75 Å². The smallest absolute Gasteiger partial charge is 0.414 e. The van der Waals surface area contributed by atoms with Crippen molar-refractivity contribution in [3.05, 3.63) is 54.6 Å². The van der Waals surface area contributed by atoms with E-state index in [1.807, 2.05) is 30.3 Å². The number of aromatic nitrogens is 1. The van der Waals surface area contributed by atoms with Crippen LogP contribution in [0.2, 0.25) is 0 Å². The van der Waals surface area contributed by atoms with Crippen LogP contribution in [0, 0.1) is 0 Å². The van der Waals surface area contributed by atoms with E-state index >= 15 is 0 Å². The van der Waals surface area contributed by atoms with E-state index in [9.17, 15) is 5.11 Å². The molecule has 2 aliphatic rings. The van der Waals surface area contributed by atoms with Gasteiger partial charge in [0.15, 0.2) is 5.13 Å². The molecule has 3 atom stereocenters. The molecule has 2 aromatic carbocycles. The fourth-order valence-corrected chi connectivity index (χ4v) is 6.03. The van der Waals surface area contributed by atoms with Gasteiger partial charge in [-0.3, -0.25) is 4.90 Å². The molecule has 192 valence electrons. The fourth-order valence-electron chi connectivity index (χ4n) is 5.03. The van der Waals surface area contributed by atoms with Crippen molar-refractivity contribution in [2.45, 2.75) is 49.9 Å². The number of carboxylic acids is 2. The zero-order valence-corrected chi connectivity index (χ0v) is 20.9. The molecule has 2 saturated heterocycles. The molecular formula is C26H31N3O6S. The molecule has 0 spiro atoms. The minimum Gasteiger partial charge on any atom is -0.491 e. The Hall–Kier alpha value is -3.21. The molecule has 36 heavy (non-hydrogen) atoms. The van der Waals surface area contributed by atoms with Gasteiger partial charge >= 0.3 is 11.9 Å². The number of para-hydroxylation sites is 2. The van der Waals surface area contributed by atoms with Crippen molar-refractivity contribution in [1.82, 2.24) is 9.88 Å². The lowest BCUT2D eigenvalue weighted by atomic mass is 9.96. The topological polar surface area (TPSA) is 123 Å². The molecule has 3 N–H and O–H groups in total. The quantitative estimate of drug-likeness (QED) is 0.408. The number of benzene rings is 2. The maximum Gasteiger partial charge on any atom is 0.414 e. The molecule has 0 radical (unpaired) electrons. The average molecular weight is 514 g/mol. The molecule has 9 nitrogen and oxygen atoms in total. The Morgan fingerprint density at radius 1 is 1.06 bits per heavy atom. The summed E-state index contributed by atoms with van der Waals surface area (Å²) in [6.45, 7) is 1.04. The number of anilines is 1. The number of hydrogen-bond donors (Lipinski definition) is 3. The number of hydrogen-bond acceptors (Lipinski definition) is 8. The van der Waals surface area contributed by atoms with Crippen LogP contribution >= 0.6 is 11.3 Å². The molecule has 3 unspecified atom stereocenters. The number of carbonyl (C=O) groups is 2. The average Bonchev–Trinajstić information content (AvgIpc) is 3.40. The summed E-state index contributed by atoms with van der Waals surface area (Å²) in [7, 11) is 2.19. The van der Waals surface area contributed by atoms with Crippen LogP contribution < -0.4 is 9.64 Å². The summed E-state index contributed by atoms with van der Waals surface area (Å²) in [5.41, 5.74) is 1.09. The minimum absolute atomic E-state index is 0.342. The molecular weight excluding hydrogens is 482 g/mol. The Balaban J connectivity index is 0.000000455. The monoisotopic (exact) mass is 513 g/mol. The van der Waals surface area contributed by atoms with Gasteiger partial charge < -0.3 is 25.0 Å². The van der Waals surface area contributed by atoms with Crippen molar-refractivity contribution in [3.8, 4) is 5.75 Å². The molecule has 1 aromatic heterocycles. The number of aliphatic carboxylic acids is 2. The number of carboxylic acid groups (broad SMARTS) is 2. The molecule has 2 bridgehead atoms. The van der Waals surface area contributed by atoms with Gasteiger partial charge in [0, 0.05) is 31.7 Å². The largest absolute Gasteiger partial charge is 0.491 e. The Kier molecular flexibility index (Phi) is 8.40. The highest BCUT2D eigenvalue weighted by molar-refractivity contribution is 7.22. The van der Waals surface area contributed by atoms with Crippen molar-refractivity contribution >= 4 is 38.6 Å².